The summed E-state index contributed by atoms with van der Waals surface area (Å²) >= 11 is 0. The van der Waals surface area contributed by atoms with Crippen molar-refractivity contribution in [3.05, 3.63) is 12.1 Å². The monoisotopic (exact) mass is 265 g/mol. The normalized spacial score (nSPS) is 17.8. The van der Waals surface area contributed by atoms with Gasteiger partial charge in [0.15, 0.2) is 0 Å². The number of hydrogen-bond donors (Lipinski definition) is 3. The molecule has 1 saturated carbocycles. The number of hydrogen-bond acceptors (Lipinski definition) is 5. The van der Waals surface area contributed by atoms with Crippen molar-refractivity contribution >= 4 is 11.5 Å². The summed E-state index contributed by atoms with van der Waals surface area (Å²) in [6.45, 7) is 4.85. The molecule has 0 radical (unpaired) electrons. The molecule has 5 nitrogen and oxygen atoms in total. The van der Waals surface area contributed by atoms with Gasteiger partial charge >= 0.3 is 0 Å². The standard InChI is InChI=1S/C14H23N3O2/c1-9(7-18)10(2)16-13-6-5-12(15)14(17-13)19-8-11-3-4-11/h5-6,9-11,18H,3-4,7-8,15H2,1-2H3,(H,16,17). The lowest BCUT2D eigenvalue weighted by molar-refractivity contribution is 0.226. The first-order valence-corrected chi connectivity index (χ1v) is 6.87. The molecule has 0 spiro atoms. The number of aliphatic hydroxyl groups excluding tert-OH is 1. The highest BCUT2D eigenvalue weighted by molar-refractivity contribution is 5.53. The van der Waals surface area contributed by atoms with Crippen LogP contribution in [-0.2, 0) is 0 Å². The Balaban J connectivity index is 1.98. The average molecular weight is 265 g/mol. The van der Waals surface area contributed by atoms with Crippen LogP contribution in [0.4, 0.5) is 11.5 Å². The van der Waals surface area contributed by atoms with E-state index < -0.39 is 0 Å². The molecule has 0 saturated heterocycles. The van der Waals surface area contributed by atoms with E-state index in [1.807, 2.05) is 19.9 Å². The van der Waals surface area contributed by atoms with E-state index >= 15 is 0 Å². The Bertz CT molecular complexity index is 421. The number of nitrogens with one attached hydrogen (secondary N) is 1. The first-order chi connectivity index (χ1) is 9.10. The molecule has 0 aliphatic heterocycles. The van der Waals surface area contributed by atoms with E-state index in [0.717, 1.165) is 5.82 Å². The van der Waals surface area contributed by atoms with E-state index in [1.54, 1.807) is 6.07 Å². The predicted molar refractivity (Wildman–Crippen MR) is 76.2 cm³/mol. The van der Waals surface area contributed by atoms with Crippen molar-refractivity contribution in [3.63, 3.8) is 0 Å². The molecule has 1 fully saturated rings. The number of nitrogens with zero attached hydrogens (tertiary/aromatic N) is 1. The molecule has 1 heterocycles. The van der Waals surface area contributed by atoms with Gasteiger partial charge in [-0.2, -0.15) is 4.98 Å². The van der Waals surface area contributed by atoms with Gasteiger partial charge in [0.1, 0.15) is 5.82 Å². The fraction of sp³-hybridized carbons (Fsp3) is 0.643. The number of nitrogens with two attached hydrogens (primary N) is 1. The third kappa shape index (κ3) is 3.99. The van der Waals surface area contributed by atoms with Crippen molar-refractivity contribution in [1.29, 1.82) is 0 Å². The largest absolute Gasteiger partial charge is 0.476 e. The van der Waals surface area contributed by atoms with Crippen molar-refractivity contribution in [2.75, 3.05) is 24.3 Å². The molecule has 2 rings (SSSR count). The summed E-state index contributed by atoms with van der Waals surface area (Å²) in [5, 5.41) is 12.4. The molecule has 106 valence electrons. The second kappa shape index (κ2) is 6.10. The van der Waals surface area contributed by atoms with Crippen molar-refractivity contribution < 1.29 is 9.84 Å². The summed E-state index contributed by atoms with van der Waals surface area (Å²) in [5.41, 5.74) is 6.42. The smallest absolute Gasteiger partial charge is 0.239 e. The molecule has 0 bridgehead atoms. The minimum absolute atomic E-state index is 0.136. The van der Waals surface area contributed by atoms with Crippen LogP contribution in [-0.4, -0.2) is 29.3 Å². The lowest BCUT2D eigenvalue weighted by Gasteiger charge is -2.20. The Morgan fingerprint density at radius 1 is 1.47 bits per heavy atom. The molecule has 4 N–H and O–H groups in total. The van der Waals surface area contributed by atoms with Gasteiger partial charge in [-0.05, 0) is 43.7 Å². The van der Waals surface area contributed by atoms with Crippen LogP contribution in [0, 0.1) is 11.8 Å². The lowest BCUT2D eigenvalue weighted by Crippen LogP contribution is -2.26. The molecule has 1 aromatic heterocycles. The molecule has 1 aliphatic rings. The first-order valence-electron chi connectivity index (χ1n) is 6.87. The highest BCUT2D eigenvalue weighted by Crippen LogP contribution is 2.30. The summed E-state index contributed by atoms with van der Waals surface area (Å²) in [4.78, 5) is 4.39. The van der Waals surface area contributed by atoms with Gasteiger partial charge < -0.3 is 20.9 Å². The Morgan fingerprint density at radius 3 is 2.84 bits per heavy atom. The number of aliphatic hydroxyl groups is 1. The number of ether oxygens (including phenoxy) is 1. The fourth-order valence-corrected chi connectivity index (χ4v) is 1.66. The maximum absolute atomic E-state index is 9.13. The molecule has 5 heteroatoms. The van der Waals surface area contributed by atoms with Crippen LogP contribution in [0.5, 0.6) is 5.88 Å². The van der Waals surface area contributed by atoms with Crippen LogP contribution in [0.3, 0.4) is 0 Å². The van der Waals surface area contributed by atoms with Crippen LogP contribution in [0.25, 0.3) is 0 Å². The number of anilines is 2. The maximum atomic E-state index is 9.13. The summed E-state index contributed by atoms with van der Waals surface area (Å²) in [7, 11) is 0. The van der Waals surface area contributed by atoms with Crippen LogP contribution in [0.15, 0.2) is 12.1 Å². The van der Waals surface area contributed by atoms with Crippen molar-refractivity contribution in [3.8, 4) is 5.88 Å². The second-order valence-corrected chi connectivity index (χ2v) is 5.44. The topological polar surface area (TPSA) is 80.4 Å². The van der Waals surface area contributed by atoms with Gasteiger partial charge in [-0.1, -0.05) is 6.92 Å². The summed E-state index contributed by atoms with van der Waals surface area (Å²) < 4.78 is 5.64. The Hall–Kier alpha value is -1.49. The molecule has 1 aromatic rings. The zero-order valence-electron chi connectivity index (χ0n) is 11.6. The van der Waals surface area contributed by atoms with E-state index in [-0.39, 0.29) is 18.6 Å². The van der Waals surface area contributed by atoms with Crippen LogP contribution in [0.2, 0.25) is 0 Å². The molecular weight excluding hydrogens is 242 g/mol. The molecule has 2 unspecified atom stereocenters. The second-order valence-electron chi connectivity index (χ2n) is 5.44. The Labute approximate surface area is 114 Å². The molecule has 1 aliphatic carbocycles. The van der Waals surface area contributed by atoms with Gasteiger partial charge in [0, 0.05) is 12.6 Å². The van der Waals surface area contributed by atoms with E-state index in [4.69, 9.17) is 15.6 Å². The van der Waals surface area contributed by atoms with Gasteiger partial charge in [0.25, 0.3) is 0 Å². The van der Waals surface area contributed by atoms with Gasteiger partial charge in [0.2, 0.25) is 5.88 Å². The minimum atomic E-state index is 0.136. The van der Waals surface area contributed by atoms with Gasteiger partial charge in [-0.3, -0.25) is 0 Å². The number of rotatable bonds is 7. The van der Waals surface area contributed by atoms with Crippen molar-refractivity contribution in [2.24, 2.45) is 11.8 Å². The van der Waals surface area contributed by atoms with Gasteiger partial charge in [-0.25, -0.2) is 0 Å². The number of aromatic nitrogens is 1. The minimum Gasteiger partial charge on any atom is -0.476 e. The highest BCUT2D eigenvalue weighted by Gasteiger charge is 2.22. The first kappa shape index (κ1) is 13.9. The van der Waals surface area contributed by atoms with Crippen molar-refractivity contribution in [2.45, 2.75) is 32.7 Å². The zero-order chi connectivity index (χ0) is 13.8. The summed E-state index contributed by atoms with van der Waals surface area (Å²) in [6.07, 6.45) is 2.48. The molecular formula is C14H23N3O2. The summed E-state index contributed by atoms with van der Waals surface area (Å²) in [6, 6.07) is 3.77. The van der Waals surface area contributed by atoms with E-state index in [0.29, 0.717) is 24.1 Å². The highest BCUT2D eigenvalue weighted by atomic mass is 16.5. The number of nitrogen functional groups attached to an aromatic ring is 1. The van der Waals surface area contributed by atoms with Gasteiger partial charge in [0.05, 0.1) is 12.3 Å². The molecule has 19 heavy (non-hydrogen) atoms. The molecule has 2 atom stereocenters. The van der Waals surface area contributed by atoms with Crippen LogP contribution < -0.4 is 15.8 Å². The average Bonchev–Trinajstić information content (AvgIpc) is 3.22. The maximum Gasteiger partial charge on any atom is 0.239 e. The van der Waals surface area contributed by atoms with Crippen LogP contribution >= 0.6 is 0 Å². The molecule has 0 aromatic carbocycles. The summed E-state index contributed by atoms with van der Waals surface area (Å²) in [5.74, 6) is 2.06. The quantitative estimate of drug-likeness (QED) is 0.701. The van der Waals surface area contributed by atoms with E-state index in [2.05, 4.69) is 10.3 Å². The van der Waals surface area contributed by atoms with E-state index in [9.17, 15) is 0 Å². The third-order valence-corrected chi connectivity index (χ3v) is 3.56. The Morgan fingerprint density at radius 2 is 2.21 bits per heavy atom. The number of pyridine rings is 1. The SMILES string of the molecule is CC(CO)C(C)Nc1ccc(N)c(OCC2CC2)n1. The van der Waals surface area contributed by atoms with Crippen LogP contribution in [0.1, 0.15) is 26.7 Å². The van der Waals surface area contributed by atoms with Crippen molar-refractivity contribution in [1.82, 2.24) is 4.98 Å². The fourth-order valence-electron chi connectivity index (χ4n) is 1.66. The molecule has 0 amide bonds. The third-order valence-electron chi connectivity index (χ3n) is 3.56. The van der Waals surface area contributed by atoms with Gasteiger partial charge in [-0.15, -0.1) is 0 Å². The lowest BCUT2D eigenvalue weighted by atomic mass is 10.1. The predicted octanol–water partition coefficient (Wildman–Crippen LogP) is 1.88. The zero-order valence-corrected chi connectivity index (χ0v) is 11.6. The van der Waals surface area contributed by atoms with E-state index in [1.165, 1.54) is 12.8 Å². The Kier molecular flexibility index (Phi) is 4.47.